The van der Waals surface area contributed by atoms with Crippen molar-refractivity contribution >= 4 is 17.4 Å². The van der Waals surface area contributed by atoms with E-state index in [1.165, 1.54) is 11.9 Å². The van der Waals surface area contributed by atoms with E-state index < -0.39 is 0 Å². The number of rotatable bonds is 5. The van der Waals surface area contributed by atoms with Crippen LogP contribution in [0.3, 0.4) is 0 Å². The first-order valence-corrected chi connectivity index (χ1v) is 7.49. The highest BCUT2D eigenvalue weighted by Gasteiger charge is 2.11. The lowest BCUT2D eigenvalue weighted by Gasteiger charge is -2.14. The van der Waals surface area contributed by atoms with Gasteiger partial charge in [0, 0.05) is 17.8 Å². The van der Waals surface area contributed by atoms with E-state index in [0.29, 0.717) is 11.5 Å². The van der Waals surface area contributed by atoms with Gasteiger partial charge in [-0.25, -0.2) is 9.97 Å². The number of carbonyl (C=O) groups is 1. The minimum Gasteiger partial charge on any atom is -0.349 e. The average Bonchev–Trinajstić information content (AvgIpc) is 2.49. The highest BCUT2D eigenvalue weighted by molar-refractivity contribution is 5.93. The van der Waals surface area contributed by atoms with Gasteiger partial charge in [-0.2, -0.15) is 0 Å². The molecule has 116 valence electrons. The van der Waals surface area contributed by atoms with Gasteiger partial charge in [-0.1, -0.05) is 25.1 Å². The van der Waals surface area contributed by atoms with Crippen molar-refractivity contribution in [1.82, 2.24) is 15.3 Å². The Balaban J connectivity index is 2.26. The molecule has 0 saturated heterocycles. The predicted molar refractivity (Wildman–Crippen MR) is 88.5 cm³/mol. The van der Waals surface area contributed by atoms with Crippen LogP contribution in [0.4, 0.5) is 11.5 Å². The van der Waals surface area contributed by atoms with Crippen LogP contribution in [0.5, 0.6) is 0 Å². The maximum Gasteiger partial charge on any atom is 0.270 e. The van der Waals surface area contributed by atoms with Gasteiger partial charge >= 0.3 is 0 Å². The smallest absolute Gasteiger partial charge is 0.270 e. The van der Waals surface area contributed by atoms with Crippen molar-refractivity contribution in [1.29, 1.82) is 0 Å². The van der Waals surface area contributed by atoms with Crippen LogP contribution in [0.15, 0.2) is 30.6 Å². The second-order valence-corrected chi connectivity index (χ2v) is 5.50. The van der Waals surface area contributed by atoms with Gasteiger partial charge in [0.15, 0.2) is 0 Å². The molecule has 0 saturated carbocycles. The lowest BCUT2D eigenvalue weighted by atomic mass is 10.1. The lowest BCUT2D eigenvalue weighted by molar-refractivity contribution is 0.0938. The zero-order chi connectivity index (χ0) is 16.1. The van der Waals surface area contributed by atoms with Crippen molar-refractivity contribution < 1.29 is 4.79 Å². The van der Waals surface area contributed by atoms with Gasteiger partial charge in [-0.3, -0.25) is 4.79 Å². The highest BCUT2D eigenvalue weighted by atomic mass is 16.1. The summed E-state index contributed by atoms with van der Waals surface area (Å²) in [5.74, 6) is 0.425. The molecule has 2 N–H and O–H groups in total. The molecule has 0 aliphatic carbocycles. The van der Waals surface area contributed by atoms with E-state index in [-0.39, 0.29) is 11.9 Å². The number of hydrogen-bond donors (Lipinski definition) is 2. The molecule has 0 fully saturated rings. The Morgan fingerprint density at radius 1 is 1.27 bits per heavy atom. The standard InChI is InChI=1S/C17H22N4O/c1-5-13-8-6-7-12(4)16(13)21-15-9-14(18-10-19-15)17(22)20-11(2)3/h6-11H,5H2,1-4H3,(H,20,22)(H,18,19,21). The Bertz CT molecular complexity index is 667. The van der Waals surface area contributed by atoms with Gasteiger partial charge < -0.3 is 10.6 Å². The van der Waals surface area contributed by atoms with Crippen LogP contribution >= 0.6 is 0 Å². The Morgan fingerprint density at radius 2 is 2.05 bits per heavy atom. The Morgan fingerprint density at radius 3 is 2.73 bits per heavy atom. The molecule has 0 atom stereocenters. The van der Waals surface area contributed by atoms with Gasteiger partial charge in [0.2, 0.25) is 0 Å². The first-order chi connectivity index (χ1) is 10.5. The molecule has 0 bridgehead atoms. The third-order valence-electron chi connectivity index (χ3n) is 3.31. The monoisotopic (exact) mass is 298 g/mol. The van der Waals surface area contributed by atoms with Crippen LogP contribution < -0.4 is 10.6 Å². The number of benzene rings is 1. The molecule has 0 aliphatic heterocycles. The van der Waals surface area contributed by atoms with Gasteiger partial charge in [0.25, 0.3) is 5.91 Å². The largest absolute Gasteiger partial charge is 0.349 e. The summed E-state index contributed by atoms with van der Waals surface area (Å²) in [5, 5.41) is 6.14. The Kier molecular flexibility index (Phi) is 5.09. The SMILES string of the molecule is CCc1cccc(C)c1Nc1cc(C(=O)NC(C)C)ncn1. The second-order valence-electron chi connectivity index (χ2n) is 5.50. The molecule has 2 aromatic rings. The summed E-state index contributed by atoms with van der Waals surface area (Å²) in [6.07, 6.45) is 2.33. The number of nitrogens with zero attached hydrogens (tertiary/aromatic N) is 2. The van der Waals surface area contributed by atoms with Gasteiger partial charge in [-0.05, 0) is 38.3 Å². The molecule has 5 nitrogen and oxygen atoms in total. The van der Waals surface area contributed by atoms with Crippen molar-refractivity contribution in [2.24, 2.45) is 0 Å². The molecule has 22 heavy (non-hydrogen) atoms. The van der Waals surface area contributed by atoms with E-state index in [0.717, 1.165) is 17.7 Å². The number of hydrogen-bond acceptors (Lipinski definition) is 4. The summed E-state index contributed by atoms with van der Waals surface area (Å²) < 4.78 is 0. The zero-order valence-electron chi connectivity index (χ0n) is 13.5. The fraction of sp³-hybridized carbons (Fsp3) is 0.353. The first-order valence-electron chi connectivity index (χ1n) is 7.49. The fourth-order valence-electron chi connectivity index (χ4n) is 2.22. The number of aryl methyl sites for hydroxylation is 2. The van der Waals surface area contributed by atoms with Crippen LogP contribution in [-0.4, -0.2) is 21.9 Å². The second kappa shape index (κ2) is 7.02. The summed E-state index contributed by atoms with van der Waals surface area (Å²) >= 11 is 0. The Labute approximate surface area is 131 Å². The van der Waals surface area contributed by atoms with E-state index in [2.05, 4.69) is 46.6 Å². The minimum absolute atomic E-state index is 0.0712. The van der Waals surface area contributed by atoms with E-state index in [9.17, 15) is 4.79 Å². The summed E-state index contributed by atoms with van der Waals surface area (Å²) in [7, 11) is 0. The van der Waals surface area contributed by atoms with E-state index in [1.54, 1.807) is 6.07 Å². The maximum atomic E-state index is 12.0. The van der Waals surface area contributed by atoms with Crippen molar-refractivity contribution in [3.8, 4) is 0 Å². The number of aromatic nitrogens is 2. The number of amides is 1. The molecule has 0 spiro atoms. The molecular weight excluding hydrogens is 276 g/mol. The zero-order valence-corrected chi connectivity index (χ0v) is 13.5. The quantitative estimate of drug-likeness (QED) is 0.889. The summed E-state index contributed by atoms with van der Waals surface area (Å²) in [4.78, 5) is 20.3. The number of nitrogens with one attached hydrogen (secondary N) is 2. The molecule has 1 aromatic heterocycles. The molecule has 0 unspecified atom stereocenters. The summed E-state index contributed by atoms with van der Waals surface area (Å²) in [5.41, 5.74) is 3.76. The number of carbonyl (C=O) groups excluding carboxylic acids is 1. The molecule has 1 heterocycles. The topological polar surface area (TPSA) is 66.9 Å². The molecular formula is C17H22N4O. The van der Waals surface area contributed by atoms with Gasteiger partial charge in [0.1, 0.15) is 17.8 Å². The third kappa shape index (κ3) is 3.81. The first kappa shape index (κ1) is 15.9. The normalized spacial score (nSPS) is 10.6. The molecule has 2 rings (SSSR count). The van der Waals surface area contributed by atoms with Crippen molar-refractivity contribution in [3.05, 3.63) is 47.4 Å². The van der Waals surface area contributed by atoms with Crippen LogP contribution in [0.1, 0.15) is 42.4 Å². The van der Waals surface area contributed by atoms with E-state index in [4.69, 9.17) is 0 Å². The summed E-state index contributed by atoms with van der Waals surface area (Å²) in [6.45, 7) is 7.99. The highest BCUT2D eigenvalue weighted by Crippen LogP contribution is 2.24. The van der Waals surface area contributed by atoms with Crippen molar-refractivity contribution in [3.63, 3.8) is 0 Å². The molecule has 1 aromatic carbocycles. The lowest BCUT2D eigenvalue weighted by Crippen LogP contribution is -2.30. The van der Waals surface area contributed by atoms with Crippen molar-refractivity contribution in [2.45, 2.75) is 40.2 Å². The molecule has 1 amide bonds. The van der Waals surface area contributed by atoms with Gasteiger partial charge in [-0.15, -0.1) is 0 Å². The van der Waals surface area contributed by atoms with Crippen LogP contribution in [0.2, 0.25) is 0 Å². The Hall–Kier alpha value is -2.43. The minimum atomic E-state index is -0.194. The van der Waals surface area contributed by atoms with Crippen LogP contribution in [0, 0.1) is 6.92 Å². The van der Waals surface area contributed by atoms with E-state index in [1.807, 2.05) is 19.9 Å². The van der Waals surface area contributed by atoms with Gasteiger partial charge in [0.05, 0.1) is 0 Å². The fourth-order valence-corrected chi connectivity index (χ4v) is 2.22. The number of anilines is 2. The molecule has 5 heteroatoms. The molecule has 0 aliphatic rings. The van der Waals surface area contributed by atoms with Crippen LogP contribution in [-0.2, 0) is 6.42 Å². The average molecular weight is 298 g/mol. The predicted octanol–water partition coefficient (Wildman–Crippen LogP) is 3.23. The summed E-state index contributed by atoms with van der Waals surface area (Å²) in [6, 6.07) is 7.92. The number of para-hydroxylation sites is 1. The molecule has 0 radical (unpaired) electrons. The maximum absolute atomic E-state index is 12.0. The van der Waals surface area contributed by atoms with Crippen LogP contribution in [0.25, 0.3) is 0 Å². The van der Waals surface area contributed by atoms with Crippen molar-refractivity contribution in [2.75, 3.05) is 5.32 Å². The third-order valence-corrected chi connectivity index (χ3v) is 3.31. The van der Waals surface area contributed by atoms with E-state index >= 15 is 0 Å².